The van der Waals surface area contributed by atoms with Crippen LogP contribution >= 0.6 is 27.5 Å². The first kappa shape index (κ1) is 14.0. The number of halogens is 2. The summed E-state index contributed by atoms with van der Waals surface area (Å²) in [4.78, 5) is 0. The zero-order valence-electron chi connectivity index (χ0n) is 10.4. The van der Waals surface area contributed by atoms with Gasteiger partial charge in [0, 0.05) is 12.4 Å². The molecule has 0 aromatic carbocycles. The molecular formula is C12H20BrClN2. The molecule has 0 aliphatic carbocycles. The van der Waals surface area contributed by atoms with Gasteiger partial charge in [-0.25, -0.2) is 0 Å². The summed E-state index contributed by atoms with van der Waals surface area (Å²) in [5.41, 5.74) is 2.39. The lowest BCUT2D eigenvalue weighted by atomic mass is 10.0. The SMILES string of the molecule is CCc1nn(C)c(CCC(Cl)C(C)C)c1Br. The lowest BCUT2D eigenvalue weighted by molar-refractivity contribution is 0.553. The number of aromatic nitrogens is 2. The van der Waals surface area contributed by atoms with Gasteiger partial charge in [0.2, 0.25) is 0 Å². The van der Waals surface area contributed by atoms with E-state index in [4.69, 9.17) is 11.6 Å². The van der Waals surface area contributed by atoms with Crippen LogP contribution in [0.1, 0.15) is 38.6 Å². The van der Waals surface area contributed by atoms with Gasteiger partial charge >= 0.3 is 0 Å². The highest BCUT2D eigenvalue weighted by Crippen LogP contribution is 2.25. The quantitative estimate of drug-likeness (QED) is 0.753. The molecule has 0 saturated carbocycles. The van der Waals surface area contributed by atoms with Crippen LogP contribution in [0.5, 0.6) is 0 Å². The Labute approximate surface area is 111 Å². The highest BCUT2D eigenvalue weighted by atomic mass is 79.9. The summed E-state index contributed by atoms with van der Waals surface area (Å²) < 4.78 is 3.12. The minimum atomic E-state index is 0.242. The molecule has 1 atom stereocenters. The fraction of sp³-hybridized carbons (Fsp3) is 0.750. The van der Waals surface area contributed by atoms with Gasteiger partial charge in [-0.3, -0.25) is 4.68 Å². The maximum atomic E-state index is 6.27. The lowest BCUT2D eigenvalue weighted by Gasteiger charge is -2.13. The first-order valence-electron chi connectivity index (χ1n) is 5.81. The Kier molecular flexibility index (Phi) is 5.32. The van der Waals surface area contributed by atoms with E-state index in [9.17, 15) is 0 Å². The second kappa shape index (κ2) is 6.06. The number of hydrogen-bond acceptors (Lipinski definition) is 1. The Morgan fingerprint density at radius 2 is 2.06 bits per heavy atom. The molecule has 92 valence electrons. The molecule has 0 aliphatic heterocycles. The van der Waals surface area contributed by atoms with Crippen molar-refractivity contribution >= 4 is 27.5 Å². The first-order chi connectivity index (χ1) is 7.47. The van der Waals surface area contributed by atoms with Gasteiger partial charge in [0.1, 0.15) is 0 Å². The molecule has 0 saturated heterocycles. The minimum absolute atomic E-state index is 0.242. The van der Waals surface area contributed by atoms with Crippen molar-refractivity contribution in [3.05, 3.63) is 15.9 Å². The summed E-state index contributed by atoms with van der Waals surface area (Å²) in [5, 5.41) is 4.72. The Morgan fingerprint density at radius 1 is 1.44 bits per heavy atom. The van der Waals surface area contributed by atoms with Gasteiger partial charge in [0.25, 0.3) is 0 Å². The van der Waals surface area contributed by atoms with E-state index in [-0.39, 0.29) is 5.38 Å². The molecule has 1 aromatic rings. The van der Waals surface area contributed by atoms with Crippen molar-refractivity contribution in [1.82, 2.24) is 9.78 Å². The van der Waals surface area contributed by atoms with Gasteiger partial charge in [-0.1, -0.05) is 20.8 Å². The molecule has 1 unspecified atom stereocenters. The fourth-order valence-electron chi connectivity index (χ4n) is 1.70. The van der Waals surface area contributed by atoms with Crippen LogP contribution in [0.4, 0.5) is 0 Å². The van der Waals surface area contributed by atoms with Crippen LogP contribution in [0.2, 0.25) is 0 Å². The smallest absolute Gasteiger partial charge is 0.0766 e. The van der Waals surface area contributed by atoms with E-state index in [2.05, 4.69) is 41.8 Å². The minimum Gasteiger partial charge on any atom is -0.271 e. The van der Waals surface area contributed by atoms with Crippen LogP contribution in [-0.4, -0.2) is 15.2 Å². The molecule has 0 N–H and O–H groups in total. The van der Waals surface area contributed by atoms with Crippen molar-refractivity contribution in [3.8, 4) is 0 Å². The molecule has 0 amide bonds. The van der Waals surface area contributed by atoms with Crippen LogP contribution in [0.15, 0.2) is 4.47 Å². The van der Waals surface area contributed by atoms with Crippen molar-refractivity contribution in [2.45, 2.75) is 45.4 Å². The molecule has 1 rings (SSSR count). The summed E-state index contributed by atoms with van der Waals surface area (Å²) in [6, 6.07) is 0. The van der Waals surface area contributed by atoms with Crippen LogP contribution in [0.3, 0.4) is 0 Å². The average molecular weight is 308 g/mol. The van der Waals surface area contributed by atoms with Gasteiger partial charge in [0.05, 0.1) is 15.9 Å². The third-order valence-electron chi connectivity index (χ3n) is 2.88. The number of hydrogen-bond donors (Lipinski definition) is 0. The van der Waals surface area contributed by atoms with Gasteiger partial charge in [0.15, 0.2) is 0 Å². The first-order valence-corrected chi connectivity index (χ1v) is 7.04. The van der Waals surface area contributed by atoms with E-state index >= 15 is 0 Å². The summed E-state index contributed by atoms with van der Waals surface area (Å²) >= 11 is 9.89. The molecular weight excluding hydrogens is 288 g/mol. The molecule has 0 bridgehead atoms. The normalized spacial score (nSPS) is 13.4. The van der Waals surface area contributed by atoms with Gasteiger partial charge in [-0.2, -0.15) is 5.10 Å². The molecule has 16 heavy (non-hydrogen) atoms. The fourth-order valence-corrected chi connectivity index (χ4v) is 2.62. The molecule has 1 heterocycles. The zero-order chi connectivity index (χ0) is 12.3. The number of rotatable bonds is 5. The third kappa shape index (κ3) is 3.24. The van der Waals surface area contributed by atoms with Crippen molar-refractivity contribution in [2.24, 2.45) is 13.0 Å². The zero-order valence-corrected chi connectivity index (χ0v) is 12.8. The van der Waals surface area contributed by atoms with Crippen LogP contribution < -0.4 is 0 Å². The molecule has 0 radical (unpaired) electrons. The molecule has 4 heteroatoms. The number of nitrogens with zero attached hydrogens (tertiary/aromatic N) is 2. The van der Waals surface area contributed by atoms with E-state index in [1.807, 2.05) is 11.7 Å². The maximum Gasteiger partial charge on any atom is 0.0766 e. The molecule has 2 nitrogen and oxygen atoms in total. The standard InChI is InChI=1S/C12H20BrClN2/c1-5-10-12(13)11(16(4)15-10)7-6-9(14)8(2)3/h8-9H,5-7H2,1-4H3. The van der Waals surface area contributed by atoms with E-state index in [1.165, 1.54) is 5.69 Å². The topological polar surface area (TPSA) is 17.8 Å². The highest BCUT2D eigenvalue weighted by Gasteiger charge is 2.15. The van der Waals surface area contributed by atoms with E-state index < -0.39 is 0 Å². The monoisotopic (exact) mass is 306 g/mol. The van der Waals surface area contributed by atoms with Crippen LogP contribution in [-0.2, 0) is 19.9 Å². The van der Waals surface area contributed by atoms with Gasteiger partial charge < -0.3 is 0 Å². The second-order valence-electron chi connectivity index (χ2n) is 4.48. The Morgan fingerprint density at radius 3 is 2.50 bits per heavy atom. The van der Waals surface area contributed by atoms with Gasteiger partial charge in [-0.15, -0.1) is 11.6 Å². The second-order valence-corrected chi connectivity index (χ2v) is 5.84. The third-order valence-corrected chi connectivity index (χ3v) is 4.52. The van der Waals surface area contributed by atoms with Crippen molar-refractivity contribution < 1.29 is 0 Å². The summed E-state index contributed by atoms with van der Waals surface area (Å²) in [5.74, 6) is 0.527. The highest BCUT2D eigenvalue weighted by molar-refractivity contribution is 9.10. The Balaban J connectivity index is 2.70. The van der Waals surface area contributed by atoms with Crippen LogP contribution in [0, 0.1) is 5.92 Å². The van der Waals surface area contributed by atoms with Crippen molar-refractivity contribution in [2.75, 3.05) is 0 Å². The largest absolute Gasteiger partial charge is 0.271 e. The van der Waals surface area contributed by atoms with E-state index in [0.29, 0.717) is 5.92 Å². The summed E-state index contributed by atoms with van der Waals surface area (Å²) in [6.45, 7) is 6.44. The van der Waals surface area contributed by atoms with E-state index in [0.717, 1.165) is 29.4 Å². The average Bonchev–Trinajstić information content (AvgIpc) is 2.51. The molecule has 0 spiro atoms. The molecule has 0 fully saturated rings. The summed E-state index contributed by atoms with van der Waals surface area (Å²) in [7, 11) is 2.00. The maximum absolute atomic E-state index is 6.27. The number of aryl methyl sites for hydroxylation is 2. The van der Waals surface area contributed by atoms with E-state index in [1.54, 1.807) is 0 Å². The summed E-state index contributed by atoms with van der Waals surface area (Å²) in [6.07, 6.45) is 2.94. The van der Waals surface area contributed by atoms with Crippen molar-refractivity contribution in [3.63, 3.8) is 0 Å². The van der Waals surface area contributed by atoms with Gasteiger partial charge in [-0.05, 0) is 41.1 Å². The lowest BCUT2D eigenvalue weighted by Crippen LogP contribution is -2.10. The van der Waals surface area contributed by atoms with Crippen LogP contribution in [0.25, 0.3) is 0 Å². The molecule has 0 aliphatic rings. The molecule has 1 aromatic heterocycles. The number of alkyl halides is 1. The van der Waals surface area contributed by atoms with Crippen molar-refractivity contribution in [1.29, 1.82) is 0 Å². The predicted octanol–water partition coefficient (Wildman–Crippen LogP) is 3.94. The predicted molar refractivity (Wildman–Crippen MR) is 73.1 cm³/mol. The Bertz CT molecular complexity index is 347. The Hall–Kier alpha value is -0.0200.